The minimum atomic E-state index is -0.0990. The van der Waals surface area contributed by atoms with Gasteiger partial charge < -0.3 is 9.47 Å². The lowest BCUT2D eigenvalue weighted by Gasteiger charge is -2.12. The second-order valence-corrected chi connectivity index (χ2v) is 6.66. The van der Waals surface area contributed by atoms with Gasteiger partial charge in [0.25, 0.3) is 5.56 Å². The van der Waals surface area contributed by atoms with E-state index in [2.05, 4.69) is 16.3 Å². The zero-order chi connectivity index (χ0) is 19.0. The van der Waals surface area contributed by atoms with Gasteiger partial charge in [0.2, 0.25) is 5.78 Å². The van der Waals surface area contributed by atoms with Gasteiger partial charge in [-0.05, 0) is 30.5 Å². The van der Waals surface area contributed by atoms with Crippen LogP contribution in [0.2, 0.25) is 0 Å². The van der Waals surface area contributed by atoms with E-state index >= 15 is 0 Å². The van der Waals surface area contributed by atoms with Gasteiger partial charge >= 0.3 is 0 Å². The van der Waals surface area contributed by atoms with Crippen LogP contribution in [0.5, 0.6) is 11.5 Å². The van der Waals surface area contributed by atoms with E-state index in [1.54, 1.807) is 25.2 Å². The normalized spacial score (nSPS) is 11.0. The van der Waals surface area contributed by atoms with Crippen LogP contribution < -0.4 is 15.0 Å². The van der Waals surface area contributed by atoms with Gasteiger partial charge in [0, 0.05) is 13.1 Å². The summed E-state index contributed by atoms with van der Waals surface area (Å²) < 4.78 is 15.4. The van der Waals surface area contributed by atoms with Crippen LogP contribution in [0.15, 0.2) is 34.4 Å². The molecule has 0 aliphatic heterocycles. The molecule has 3 heterocycles. The zero-order valence-electron chi connectivity index (χ0n) is 14.7. The number of benzene rings is 1. The van der Waals surface area contributed by atoms with Crippen molar-refractivity contribution >= 4 is 27.3 Å². The first-order valence-corrected chi connectivity index (χ1v) is 9.12. The molecule has 3 aromatic heterocycles. The minimum absolute atomic E-state index is 0.0990. The van der Waals surface area contributed by atoms with Crippen LogP contribution in [0, 0.1) is 11.3 Å². The lowest BCUT2D eigenvalue weighted by molar-refractivity contribution is 0.262. The fraction of sp³-hybridized carbons (Fsp3) is 0.222. The number of rotatable bonds is 5. The third-order valence-corrected chi connectivity index (χ3v) is 5.02. The predicted molar refractivity (Wildman–Crippen MR) is 100 cm³/mol. The van der Waals surface area contributed by atoms with Crippen molar-refractivity contribution in [1.29, 1.82) is 5.26 Å². The first-order valence-electron chi connectivity index (χ1n) is 8.24. The zero-order valence-corrected chi connectivity index (χ0v) is 15.5. The van der Waals surface area contributed by atoms with E-state index in [0.29, 0.717) is 40.0 Å². The second kappa shape index (κ2) is 6.74. The Morgan fingerprint density at radius 2 is 2.07 bits per heavy atom. The maximum Gasteiger partial charge on any atom is 0.272 e. The number of fused-ring (bicyclic) bond motifs is 3. The summed E-state index contributed by atoms with van der Waals surface area (Å²) in [6.45, 7) is 2.45. The Hall–Kier alpha value is -3.38. The molecule has 0 unspecified atom stereocenters. The van der Waals surface area contributed by atoms with E-state index < -0.39 is 0 Å². The fourth-order valence-electron chi connectivity index (χ4n) is 2.85. The van der Waals surface area contributed by atoms with Crippen molar-refractivity contribution in [2.24, 2.45) is 7.05 Å². The lowest BCUT2D eigenvalue weighted by Crippen LogP contribution is -2.19. The van der Waals surface area contributed by atoms with E-state index in [0.717, 1.165) is 5.52 Å². The molecule has 0 aliphatic carbocycles. The molecule has 136 valence electrons. The van der Waals surface area contributed by atoms with Crippen LogP contribution in [0.3, 0.4) is 0 Å². The minimum Gasteiger partial charge on any atom is -0.490 e. The molecule has 0 saturated carbocycles. The lowest BCUT2D eigenvalue weighted by atomic mass is 10.2. The van der Waals surface area contributed by atoms with Gasteiger partial charge in [0.05, 0.1) is 23.8 Å². The Morgan fingerprint density at radius 1 is 1.22 bits per heavy atom. The number of hydrogen-bond acceptors (Lipinski definition) is 7. The Kier molecular flexibility index (Phi) is 4.25. The van der Waals surface area contributed by atoms with Crippen molar-refractivity contribution < 1.29 is 9.47 Å². The molecule has 8 nitrogen and oxygen atoms in total. The quantitative estimate of drug-likeness (QED) is 0.527. The van der Waals surface area contributed by atoms with Gasteiger partial charge in [0.15, 0.2) is 17.3 Å². The van der Waals surface area contributed by atoms with Gasteiger partial charge in [-0.2, -0.15) is 5.26 Å². The van der Waals surface area contributed by atoms with Crippen LogP contribution in [0.4, 0.5) is 0 Å². The molecule has 0 bridgehead atoms. The highest BCUT2D eigenvalue weighted by atomic mass is 32.1. The average Bonchev–Trinajstić information content (AvgIpc) is 3.32. The Labute approximate surface area is 157 Å². The summed E-state index contributed by atoms with van der Waals surface area (Å²) >= 11 is 1.38. The highest BCUT2D eigenvalue weighted by Gasteiger charge is 2.16. The highest BCUT2D eigenvalue weighted by Crippen LogP contribution is 2.29. The van der Waals surface area contributed by atoms with Gasteiger partial charge in [-0.25, -0.2) is 0 Å². The standard InChI is InChI=1S/C18H15N5O3S/c1-3-25-14-8-11(9-19)4-5-13(14)26-10-15-20-21-18-22(2)17(24)16-12(23(15)18)6-7-27-16/h4-8H,3,10H2,1-2H3. The maximum absolute atomic E-state index is 12.4. The molecule has 1 aromatic carbocycles. The van der Waals surface area contributed by atoms with Crippen molar-refractivity contribution in [2.45, 2.75) is 13.5 Å². The molecular weight excluding hydrogens is 366 g/mol. The summed E-state index contributed by atoms with van der Waals surface area (Å²) in [6.07, 6.45) is 0. The first-order chi connectivity index (χ1) is 13.1. The smallest absolute Gasteiger partial charge is 0.272 e. The summed E-state index contributed by atoms with van der Waals surface area (Å²) in [5.41, 5.74) is 1.15. The van der Waals surface area contributed by atoms with Crippen LogP contribution >= 0.6 is 11.3 Å². The SMILES string of the molecule is CCOc1cc(C#N)ccc1OCc1nnc2n(C)c(=O)c3sccc3n12. The number of thiophene rings is 1. The third-order valence-electron chi connectivity index (χ3n) is 4.13. The van der Waals surface area contributed by atoms with Crippen molar-refractivity contribution in [3.05, 3.63) is 51.4 Å². The van der Waals surface area contributed by atoms with Crippen molar-refractivity contribution in [2.75, 3.05) is 6.61 Å². The van der Waals surface area contributed by atoms with Crippen LogP contribution in [0.1, 0.15) is 18.3 Å². The Balaban J connectivity index is 1.74. The topological polar surface area (TPSA) is 94.4 Å². The highest BCUT2D eigenvalue weighted by molar-refractivity contribution is 7.17. The third kappa shape index (κ3) is 2.80. The van der Waals surface area contributed by atoms with Crippen LogP contribution in [-0.4, -0.2) is 25.8 Å². The van der Waals surface area contributed by atoms with Gasteiger partial charge in [-0.1, -0.05) is 0 Å². The Bertz CT molecular complexity index is 1250. The summed E-state index contributed by atoms with van der Waals surface area (Å²) in [4.78, 5) is 12.4. The molecule has 0 saturated heterocycles. The van der Waals surface area contributed by atoms with Crippen LogP contribution in [0.25, 0.3) is 16.0 Å². The van der Waals surface area contributed by atoms with Crippen molar-refractivity contribution in [1.82, 2.24) is 19.2 Å². The van der Waals surface area contributed by atoms with Gasteiger partial charge in [-0.15, -0.1) is 21.5 Å². The molecule has 0 atom stereocenters. The first kappa shape index (κ1) is 17.1. The van der Waals surface area contributed by atoms with Crippen LogP contribution in [-0.2, 0) is 13.7 Å². The van der Waals surface area contributed by atoms with E-state index in [-0.39, 0.29) is 12.2 Å². The average molecular weight is 381 g/mol. The second-order valence-electron chi connectivity index (χ2n) is 5.75. The summed E-state index contributed by atoms with van der Waals surface area (Å²) in [5.74, 6) is 2.03. The summed E-state index contributed by atoms with van der Waals surface area (Å²) in [7, 11) is 1.67. The van der Waals surface area contributed by atoms with E-state index in [4.69, 9.17) is 14.7 Å². The summed E-state index contributed by atoms with van der Waals surface area (Å²) in [5, 5.41) is 19.2. The van der Waals surface area contributed by atoms with E-state index in [1.807, 2.05) is 22.8 Å². The molecule has 4 aromatic rings. The molecule has 0 spiro atoms. The molecule has 9 heteroatoms. The predicted octanol–water partition coefficient (Wildman–Crippen LogP) is 2.49. The largest absolute Gasteiger partial charge is 0.490 e. The molecule has 4 rings (SSSR count). The molecular formula is C18H15N5O3S. The molecule has 0 fully saturated rings. The molecule has 0 N–H and O–H groups in total. The Morgan fingerprint density at radius 3 is 2.85 bits per heavy atom. The molecule has 27 heavy (non-hydrogen) atoms. The fourth-order valence-corrected chi connectivity index (χ4v) is 3.70. The number of hydrogen-bond donors (Lipinski definition) is 0. The number of nitriles is 1. The van der Waals surface area contributed by atoms with E-state index in [1.165, 1.54) is 15.9 Å². The van der Waals surface area contributed by atoms with Gasteiger partial charge in [0.1, 0.15) is 11.3 Å². The summed E-state index contributed by atoms with van der Waals surface area (Å²) in [6, 6.07) is 8.96. The molecule has 0 radical (unpaired) electrons. The van der Waals surface area contributed by atoms with Crippen molar-refractivity contribution in [3.63, 3.8) is 0 Å². The number of ether oxygens (including phenoxy) is 2. The molecule has 0 amide bonds. The maximum atomic E-state index is 12.4. The monoisotopic (exact) mass is 381 g/mol. The van der Waals surface area contributed by atoms with Crippen molar-refractivity contribution in [3.8, 4) is 17.6 Å². The number of aryl methyl sites for hydroxylation is 1. The molecule has 0 aliphatic rings. The van der Waals surface area contributed by atoms with E-state index in [9.17, 15) is 4.79 Å². The number of nitrogens with zero attached hydrogens (tertiary/aromatic N) is 5. The van der Waals surface area contributed by atoms with Gasteiger partial charge in [-0.3, -0.25) is 13.8 Å². The number of aromatic nitrogens is 4.